The highest BCUT2D eigenvalue weighted by Crippen LogP contribution is 2.15. The van der Waals surface area contributed by atoms with Gasteiger partial charge in [-0.15, -0.1) is 0 Å². The zero-order valence-electron chi connectivity index (χ0n) is 10.2. The highest BCUT2D eigenvalue weighted by Gasteiger charge is 2.11. The number of rotatable bonds is 4. The molecule has 0 aliphatic carbocycles. The molecule has 0 aromatic carbocycles. The van der Waals surface area contributed by atoms with E-state index >= 15 is 0 Å². The average molecular weight is 250 g/mol. The van der Waals surface area contributed by atoms with Crippen LogP contribution in [-0.2, 0) is 13.2 Å². The van der Waals surface area contributed by atoms with Crippen molar-refractivity contribution in [2.24, 2.45) is 5.73 Å². The summed E-state index contributed by atoms with van der Waals surface area (Å²) in [5, 5.41) is 3.81. The van der Waals surface area contributed by atoms with Gasteiger partial charge in [-0.3, -0.25) is 4.79 Å². The Bertz CT molecular complexity index is 581. The molecule has 0 radical (unpaired) electrons. The molecule has 0 bridgehead atoms. The molecular weight excluding hydrogens is 236 g/mol. The Balaban J connectivity index is 2.14. The van der Waals surface area contributed by atoms with Gasteiger partial charge in [0.15, 0.2) is 0 Å². The predicted octanol–water partition coefficient (Wildman–Crippen LogP) is 1.28. The molecule has 0 fully saturated rings. The fraction of sp³-hybridized carbons (Fsp3) is 0.333. The maximum atomic E-state index is 11.6. The predicted molar refractivity (Wildman–Crippen MR) is 63.2 cm³/mol. The second kappa shape index (κ2) is 5.05. The van der Waals surface area contributed by atoms with E-state index in [2.05, 4.69) is 5.16 Å². The van der Waals surface area contributed by atoms with Gasteiger partial charge >= 0.3 is 0 Å². The van der Waals surface area contributed by atoms with Crippen LogP contribution in [0.2, 0.25) is 0 Å². The Kier molecular flexibility index (Phi) is 3.47. The molecule has 6 nitrogen and oxygen atoms in total. The van der Waals surface area contributed by atoms with Gasteiger partial charge in [0.2, 0.25) is 11.2 Å². The summed E-state index contributed by atoms with van der Waals surface area (Å²) in [6.45, 7) is 4.00. The standard InChI is InChI=1S/C12H14N2O4/c1-7-10(8(2)18-14-7)5-17-12-6-16-9(4-13)3-11(12)15/h3,6H,4-5,13H2,1-2H3. The second-order valence-corrected chi connectivity index (χ2v) is 3.87. The summed E-state index contributed by atoms with van der Waals surface area (Å²) in [5.41, 5.74) is 6.69. The number of aromatic nitrogens is 1. The molecule has 96 valence electrons. The molecule has 0 spiro atoms. The van der Waals surface area contributed by atoms with Crippen molar-refractivity contribution in [2.75, 3.05) is 0 Å². The minimum Gasteiger partial charge on any atom is -0.482 e. The Morgan fingerprint density at radius 1 is 1.44 bits per heavy atom. The van der Waals surface area contributed by atoms with Crippen LogP contribution < -0.4 is 15.9 Å². The van der Waals surface area contributed by atoms with E-state index in [1.54, 1.807) is 6.92 Å². The van der Waals surface area contributed by atoms with Gasteiger partial charge in [-0.05, 0) is 13.8 Å². The fourth-order valence-corrected chi connectivity index (χ4v) is 1.51. The first-order chi connectivity index (χ1) is 8.61. The first-order valence-corrected chi connectivity index (χ1v) is 5.48. The molecule has 0 saturated carbocycles. The van der Waals surface area contributed by atoms with E-state index in [1.165, 1.54) is 12.3 Å². The third-order valence-corrected chi connectivity index (χ3v) is 2.61. The van der Waals surface area contributed by atoms with Crippen LogP contribution in [0.25, 0.3) is 0 Å². The van der Waals surface area contributed by atoms with E-state index in [0.717, 1.165) is 11.3 Å². The van der Waals surface area contributed by atoms with Crippen molar-refractivity contribution in [2.45, 2.75) is 27.0 Å². The van der Waals surface area contributed by atoms with Gasteiger partial charge in [-0.25, -0.2) is 0 Å². The number of hydrogen-bond donors (Lipinski definition) is 1. The summed E-state index contributed by atoms with van der Waals surface area (Å²) < 4.78 is 15.5. The highest BCUT2D eigenvalue weighted by molar-refractivity contribution is 5.22. The minimum atomic E-state index is -0.256. The second-order valence-electron chi connectivity index (χ2n) is 3.87. The summed E-state index contributed by atoms with van der Waals surface area (Å²) in [4.78, 5) is 11.6. The Morgan fingerprint density at radius 3 is 2.78 bits per heavy atom. The lowest BCUT2D eigenvalue weighted by molar-refractivity contribution is 0.286. The molecule has 2 rings (SSSR count). The maximum Gasteiger partial charge on any atom is 0.227 e. The van der Waals surface area contributed by atoms with Crippen molar-refractivity contribution in [1.82, 2.24) is 5.16 Å². The van der Waals surface area contributed by atoms with Crippen LogP contribution in [-0.4, -0.2) is 5.16 Å². The van der Waals surface area contributed by atoms with Gasteiger partial charge in [0.25, 0.3) is 0 Å². The molecule has 2 aromatic heterocycles. The zero-order chi connectivity index (χ0) is 13.1. The van der Waals surface area contributed by atoms with Crippen LogP contribution in [0.3, 0.4) is 0 Å². The zero-order valence-corrected chi connectivity index (χ0v) is 10.2. The van der Waals surface area contributed by atoms with Crippen LogP contribution in [0.4, 0.5) is 0 Å². The average Bonchev–Trinajstić information content (AvgIpc) is 2.68. The summed E-state index contributed by atoms with van der Waals surface area (Å²) in [5.74, 6) is 1.24. The molecular formula is C12H14N2O4. The van der Waals surface area contributed by atoms with E-state index in [9.17, 15) is 4.79 Å². The summed E-state index contributed by atoms with van der Waals surface area (Å²) in [7, 11) is 0. The van der Waals surface area contributed by atoms with Gasteiger partial charge in [0.05, 0.1) is 17.8 Å². The van der Waals surface area contributed by atoms with Crippen molar-refractivity contribution < 1.29 is 13.7 Å². The summed E-state index contributed by atoms with van der Waals surface area (Å²) in [6.07, 6.45) is 1.27. The first-order valence-electron chi connectivity index (χ1n) is 5.48. The van der Waals surface area contributed by atoms with Crippen LogP contribution in [0.1, 0.15) is 22.8 Å². The van der Waals surface area contributed by atoms with Crippen LogP contribution in [0, 0.1) is 13.8 Å². The topological polar surface area (TPSA) is 91.5 Å². The van der Waals surface area contributed by atoms with E-state index in [4.69, 9.17) is 19.4 Å². The third kappa shape index (κ3) is 2.43. The maximum absolute atomic E-state index is 11.6. The van der Waals surface area contributed by atoms with Crippen molar-refractivity contribution >= 4 is 0 Å². The Labute approximate surface area is 103 Å². The smallest absolute Gasteiger partial charge is 0.227 e. The SMILES string of the molecule is Cc1noc(C)c1COc1coc(CN)cc1=O. The van der Waals surface area contributed by atoms with Gasteiger partial charge in [-0.2, -0.15) is 0 Å². The van der Waals surface area contributed by atoms with E-state index in [0.29, 0.717) is 11.5 Å². The van der Waals surface area contributed by atoms with Crippen molar-refractivity contribution in [1.29, 1.82) is 0 Å². The van der Waals surface area contributed by atoms with Crippen molar-refractivity contribution in [3.63, 3.8) is 0 Å². The highest BCUT2D eigenvalue weighted by atomic mass is 16.5. The molecule has 0 saturated heterocycles. The Morgan fingerprint density at radius 2 is 2.22 bits per heavy atom. The third-order valence-electron chi connectivity index (χ3n) is 2.61. The molecule has 2 N–H and O–H groups in total. The number of nitrogens with zero attached hydrogens (tertiary/aromatic N) is 1. The van der Waals surface area contributed by atoms with E-state index in [-0.39, 0.29) is 24.3 Å². The van der Waals surface area contributed by atoms with E-state index < -0.39 is 0 Å². The molecule has 0 amide bonds. The number of ether oxygens (including phenoxy) is 1. The molecule has 0 atom stereocenters. The van der Waals surface area contributed by atoms with Gasteiger partial charge in [0, 0.05) is 6.07 Å². The van der Waals surface area contributed by atoms with Crippen molar-refractivity contribution in [3.8, 4) is 5.75 Å². The lowest BCUT2D eigenvalue weighted by Gasteiger charge is -2.04. The van der Waals surface area contributed by atoms with Crippen LogP contribution >= 0.6 is 0 Å². The van der Waals surface area contributed by atoms with Crippen LogP contribution in [0.15, 0.2) is 26.1 Å². The lowest BCUT2D eigenvalue weighted by atomic mass is 10.2. The quantitative estimate of drug-likeness (QED) is 0.878. The first kappa shape index (κ1) is 12.4. The summed E-state index contributed by atoms with van der Waals surface area (Å²) in [6, 6.07) is 1.32. The molecule has 2 aromatic rings. The summed E-state index contributed by atoms with van der Waals surface area (Å²) >= 11 is 0. The van der Waals surface area contributed by atoms with Crippen molar-refractivity contribution in [3.05, 3.63) is 45.3 Å². The monoisotopic (exact) mass is 250 g/mol. The van der Waals surface area contributed by atoms with Gasteiger partial charge in [0.1, 0.15) is 24.4 Å². The molecule has 6 heteroatoms. The molecule has 0 unspecified atom stereocenters. The largest absolute Gasteiger partial charge is 0.482 e. The Hall–Kier alpha value is -2.08. The fourth-order valence-electron chi connectivity index (χ4n) is 1.51. The van der Waals surface area contributed by atoms with E-state index in [1.807, 2.05) is 6.92 Å². The van der Waals surface area contributed by atoms with Crippen LogP contribution in [0.5, 0.6) is 5.75 Å². The molecule has 0 aliphatic rings. The van der Waals surface area contributed by atoms with Gasteiger partial charge in [-0.1, -0.05) is 5.16 Å². The molecule has 2 heterocycles. The number of hydrogen-bond acceptors (Lipinski definition) is 6. The molecule has 18 heavy (non-hydrogen) atoms. The number of nitrogens with two attached hydrogens (primary N) is 1. The van der Waals surface area contributed by atoms with Gasteiger partial charge < -0.3 is 19.4 Å². The normalized spacial score (nSPS) is 10.6. The number of aryl methyl sites for hydroxylation is 2. The minimum absolute atomic E-state index is 0.146. The molecule has 0 aliphatic heterocycles. The lowest BCUT2D eigenvalue weighted by Crippen LogP contribution is -2.10.